The van der Waals surface area contributed by atoms with Crippen molar-refractivity contribution in [2.75, 3.05) is 0 Å². The molecule has 4 rings (SSSR count). The maximum atomic E-state index is 11.9. The molecule has 0 spiro atoms. The van der Waals surface area contributed by atoms with E-state index >= 15 is 0 Å². The second-order valence-corrected chi connectivity index (χ2v) is 10.3. The van der Waals surface area contributed by atoms with Gasteiger partial charge in [0.25, 0.3) is 0 Å². The molecule has 2 N–H and O–H groups in total. The molecule has 0 aliphatic heterocycles. The van der Waals surface area contributed by atoms with Gasteiger partial charge < -0.3 is 10.2 Å². The Labute approximate surface area is 163 Å². The van der Waals surface area contributed by atoms with Gasteiger partial charge in [-0.2, -0.15) is 0 Å². The van der Waals surface area contributed by atoms with E-state index in [1.165, 1.54) is 24.8 Å². The van der Waals surface area contributed by atoms with Crippen molar-refractivity contribution in [2.45, 2.75) is 78.9 Å². The average Bonchev–Trinajstić information content (AvgIpc) is 2.94. The number of carbonyl (C=O) groups is 1. The van der Waals surface area contributed by atoms with E-state index in [1.807, 2.05) is 13.0 Å². The number of aliphatic hydroxyl groups is 2. The average molecular weight is 373 g/mol. The van der Waals surface area contributed by atoms with Gasteiger partial charge in [0.05, 0.1) is 0 Å². The third-order valence-corrected chi connectivity index (χ3v) is 9.93. The Morgan fingerprint density at radius 3 is 2.52 bits per heavy atom. The predicted octanol–water partition coefficient (Wildman–Crippen LogP) is 4.64. The van der Waals surface area contributed by atoms with Crippen LogP contribution in [0.25, 0.3) is 0 Å². The van der Waals surface area contributed by atoms with Crippen LogP contribution in [0.15, 0.2) is 23.8 Å². The molecule has 3 heteroatoms. The summed E-state index contributed by atoms with van der Waals surface area (Å²) < 4.78 is 0. The number of fused-ring (bicyclic) bond motifs is 5. The minimum absolute atomic E-state index is 0.0200. The summed E-state index contributed by atoms with van der Waals surface area (Å²) in [5.74, 6) is 2.01. The molecule has 27 heavy (non-hydrogen) atoms. The number of aliphatic hydroxyl groups excluding tert-OH is 1. The molecule has 3 fully saturated rings. The van der Waals surface area contributed by atoms with Gasteiger partial charge in [0.15, 0.2) is 12.1 Å². The first-order valence-corrected chi connectivity index (χ1v) is 11.0. The fraction of sp³-hybridized carbons (Fsp3) is 0.792. The van der Waals surface area contributed by atoms with Gasteiger partial charge in [0, 0.05) is 11.3 Å². The lowest BCUT2D eigenvalue weighted by Gasteiger charge is -2.60. The van der Waals surface area contributed by atoms with Gasteiger partial charge in [0.1, 0.15) is 0 Å². The Kier molecular flexibility index (Phi) is 4.51. The summed E-state index contributed by atoms with van der Waals surface area (Å²) in [5.41, 5.74) is 1.58. The van der Waals surface area contributed by atoms with Gasteiger partial charge in [0.2, 0.25) is 0 Å². The van der Waals surface area contributed by atoms with Crippen LogP contribution in [0.3, 0.4) is 0 Å². The van der Waals surface area contributed by atoms with Crippen molar-refractivity contribution in [1.82, 2.24) is 0 Å². The van der Waals surface area contributed by atoms with E-state index in [2.05, 4.69) is 26.8 Å². The zero-order chi connectivity index (χ0) is 19.6. The second kappa shape index (κ2) is 6.29. The Morgan fingerprint density at radius 1 is 1.15 bits per heavy atom. The summed E-state index contributed by atoms with van der Waals surface area (Å²) >= 11 is 0. The summed E-state index contributed by atoms with van der Waals surface area (Å²) in [4.78, 5) is 11.9. The summed E-state index contributed by atoms with van der Waals surface area (Å²) in [6.07, 6.45) is 12.6. The molecule has 150 valence electrons. The lowest BCUT2D eigenvalue weighted by atomic mass is 9.44. The minimum atomic E-state index is -1.23. The van der Waals surface area contributed by atoms with Gasteiger partial charge >= 0.3 is 0 Å². The zero-order valence-corrected chi connectivity index (χ0v) is 17.4. The second-order valence-electron chi connectivity index (χ2n) is 10.3. The Balaban J connectivity index is 1.69. The first-order valence-electron chi connectivity index (χ1n) is 11.0. The summed E-state index contributed by atoms with van der Waals surface area (Å²) in [5, 5.41) is 20.1. The lowest BCUT2D eigenvalue weighted by Crippen LogP contribution is -2.54. The van der Waals surface area contributed by atoms with Gasteiger partial charge in [-0.15, -0.1) is 0 Å². The molecule has 0 aromatic carbocycles. The van der Waals surface area contributed by atoms with Crippen molar-refractivity contribution in [3.05, 3.63) is 23.8 Å². The van der Waals surface area contributed by atoms with E-state index in [-0.39, 0.29) is 27.9 Å². The molecule has 0 aromatic rings. The van der Waals surface area contributed by atoms with E-state index in [4.69, 9.17) is 0 Å². The third-order valence-electron chi connectivity index (χ3n) is 9.93. The quantitative estimate of drug-likeness (QED) is 0.710. The van der Waals surface area contributed by atoms with Crippen LogP contribution < -0.4 is 0 Å². The van der Waals surface area contributed by atoms with Gasteiger partial charge in [-0.25, -0.2) is 0 Å². The molecule has 3 nitrogen and oxygen atoms in total. The number of carbonyl (C=O) groups excluding carboxylic acids is 1. The lowest BCUT2D eigenvalue weighted by molar-refractivity contribution is -0.165. The molecule has 0 bridgehead atoms. The number of hydrogen-bond donors (Lipinski definition) is 2. The summed E-state index contributed by atoms with van der Waals surface area (Å²) in [7, 11) is 0. The first-order chi connectivity index (χ1) is 12.7. The number of ketones is 1. The maximum Gasteiger partial charge on any atom is 0.178 e. The standard InChI is InChI=1S/C24H36O3/c1-5-24(15(2)21(26)27)13-10-20-18-7-6-16-14-17(25)8-11-22(16,3)19(18)9-12-23(20,24)4/h8,11,14-15,18-21,26-27H,5-7,9-10,12-13H2,1-4H3/t15?,18-,19+,20+,22+,23+,24+/m1/s1. The van der Waals surface area contributed by atoms with E-state index in [9.17, 15) is 15.0 Å². The molecule has 0 radical (unpaired) electrons. The monoisotopic (exact) mass is 372 g/mol. The maximum absolute atomic E-state index is 11.9. The Morgan fingerprint density at radius 2 is 1.85 bits per heavy atom. The first kappa shape index (κ1) is 19.4. The number of rotatable bonds is 3. The van der Waals surface area contributed by atoms with Crippen LogP contribution in [0.5, 0.6) is 0 Å². The SMILES string of the molecule is CC[C@@]1(C(C)C(O)O)CC[C@H]2[C@@H]3CCC4=CC(=O)C=C[C@]4(C)[C@H]3CC[C@@]21C. The van der Waals surface area contributed by atoms with Crippen molar-refractivity contribution >= 4 is 5.78 Å². The fourth-order valence-corrected chi connectivity index (χ4v) is 8.30. The highest BCUT2D eigenvalue weighted by atomic mass is 16.5. The van der Waals surface area contributed by atoms with Crippen molar-refractivity contribution < 1.29 is 15.0 Å². The van der Waals surface area contributed by atoms with Crippen LogP contribution >= 0.6 is 0 Å². The summed E-state index contributed by atoms with van der Waals surface area (Å²) in [6, 6.07) is 0. The smallest absolute Gasteiger partial charge is 0.178 e. The molecule has 7 atom stereocenters. The largest absolute Gasteiger partial charge is 0.368 e. The van der Waals surface area contributed by atoms with Gasteiger partial charge in [-0.05, 0) is 85.7 Å². The molecule has 4 aliphatic carbocycles. The van der Waals surface area contributed by atoms with E-state index in [0.29, 0.717) is 17.8 Å². The Hall–Kier alpha value is -0.930. The van der Waals surface area contributed by atoms with Crippen molar-refractivity contribution in [3.8, 4) is 0 Å². The molecule has 0 heterocycles. The highest BCUT2D eigenvalue weighted by Gasteiger charge is 2.65. The van der Waals surface area contributed by atoms with Gasteiger partial charge in [-0.3, -0.25) is 4.79 Å². The van der Waals surface area contributed by atoms with E-state index < -0.39 is 6.29 Å². The van der Waals surface area contributed by atoms with E-state index in [0.717, 1.165) is 25.7 Å². The topological polar surface area (TPSA) is 57.5 Å². The molecule has 4 aliphatic rings. The van der Waals surface area contributed by atoms with Crippen LogP contribution in [-0.2, 0) is 4.79 Å². The molecular weight excluding hydrogens is 336 g/mol. The van der Waals surface area contributed by atoms with Crippen molar-refractivity contribution in [2.24, 2.45) is 39.9 Å². The van der Waals surface area contributed by atoms with Crippen LogP contribution in [0, 0.1) is 39.9 Å². The minimum Gasteiger partial charge on any atom is -0.368 e. The highest BCUT2D eigenvalue weighted by Crippen LogP contribution is 2.72. The zero-order valence-electron chi connectivity index (χ0n) is 17.4. The molecule has 3 saturated carbocycles. The van der Waals surface area contributed by atoms with Crippen LogP contribution in [0.4, 0.5) is 0 Å². The molecule has 1 unspecified atom stereocenters. The van der Waals surface area contributed by atoms with E-state index in [1.54, 1.807) is 6.08 Å². The van der Waals surface area contributed by atoms with Crippen LogP contribution in [0.2, 0.25) is 0 Å². The highest BCUT2D eigenvalue weighted by molar-refractivity contribution is 6.01. The number of hydrogen-bond acceptors (Lipinski definition) is 3. The van der Waals surface area contributed by atoms with Crippen LogP contribution in [0.1, 0.15) is 72.6 Å². The number of allylic oxidation sites excluding steroid dienone is 4. The van der Waals surface area contributed by atoms with Crippen molar-refractivity contribution in [3.63, 3.8) is 0 Å². The fourth-order valence-electron chi connectivity index (χ4n) is 8.30. The Bertz CT molecular complexity index is 692. The molecule has 0 saturated heterocycles. The predicted molar refractivity (Wildman–Crippen MR) is 107 cm³/mol. The molecular formula is C24H36O3. The van der Waals surface area contributed by atoms with Gasteiger partial charge in [-0.1, -0.05) is 39.3 Å². The third kappa shape index (κ3) is 2.43. The van der Waals surface area contributed by atoms with Crippen LogP contribution in [-0.4, -0.2) is 22.3 Å². The summed E-state index contributed by atoms with van der Waals surface area (Å²) in [6.45, 7) is 9.10. The molecule has 0 aromatic heterocycles. The van der Waals surface area contributed by atoms with Crippen molar-refractivity contribution in [1.29, 1.82) is 0 Å². The normalized spacial score (nSPS) is 47.3. The molecule has 0 amide bonds.